The van der Waals surface area contributed by atoms with E-state index in [9.17, 15) is 18.8 Å². The number of carbonyl (C=O) groups is 2. The molecular formula is C18H21FN4O3. The molecule has 0 atom stereocenters. The number of hydrogen-bond donors (Lipinski definition) is 2. The molecule has 2 N–H and O–H groups in total. The summed E-state index contributed by atoms with van der Waals surface area (Å²) in [6.07, 6.45) is 6.58. The number of aromatic nitrogens is 2. The van der Waals surface area contributed by atoms with Crippen LogP contribution in [-0.2, 0) is 16.1 Å². The van der Waals surface area contributed by atoms with E-state index in [1.54, 1.807) is 0 Å². The first-order chi connectivity index (χ1) is 12.5. The first-order valence-electron chi connectivity index (χ1n) is 8.74. The Morgan fingerprint density at radius 2 is 1.96 bits per heavy atom. The van der Waals surface area contributed by atoms with Crippen LogP contribution >= 0.6 is 0 Å². The molecule has 3 rings (SSSR count). The maximum absolute atomic E-state index is 13.3. The summed E-state index contributed by atoms with van der Waals surface area (Å²) in [5.41, 5.74) is -0.142. The summed E-state index contributed by atoms with van der Waals surface area (Å²) in [4.78, 5) is 40.3. The SMILES string of the molecule is O=C(Cn1cnc2ccc(F)cc2c1=O)NCC(=O)NC1CCCCC1. The Bertz CT molecular complexity index is 874. The average molecular weight is 360 g/mol. The average Bonchev–Trinajstić information content (AvgIpc) is 2.64. The molecule has 0 radical (unpaired) electrons. The van der Waals surface area contributed by atoms with E-state index in [2.05, 4.69) is 15.6 Å². The Hall–Kier alpha value is -2.77. The van der Waals surface area contributed by atoms with Crippen LogP contribution in [0.3, 0.4) is 0 Å². The second-order valence-electron chi connectivity index (χ2n) is 6.52. The Morgan fingerprint density at radius 1 is 1.19 bits per heavy atom. The minimum atomic E-state index is -0.544. The van der Waals surface area contributed by atoms with E-state index in [1.165, 1.54) is 24.9 Å². The monoisotopic (exact) mass is 360 g/mol. The van der Waals surface area contributed by atoms with Crippen molar-refractivity contribution in [3.8, 4) is 0 Å². The summed E-state index contributed by atoms with van der Waals surface area (Å²) in [5, 5.41) is 5.51. The summed E-state index contributed by atoms with van der Waals surface area (Å²) < 4.78 is 14.4. The Kier molecular flexibility index (Phi) is 5.60. The molecule has 0 spiro atoms. The molecule has 0 bridgehead atoms. The van der Waals surface area contributed by atoms with Crippen LogP contribution in [0.5, 0.6) is 0 Å². The Labute approximate surface area is 149 Å². The molecule has 0 unspecified atom stereocenters. The van der Waals surface area contributed by atoms with Crippen molar-refractivity contribution in [2.24, 2.45) is 0 Å². The van der Waals surface area contributed by atoms with Gasteiger partial charge < -0.3 is 10.6 Å². The fourth-order valence-corrected chi connectivity index (χ4v) is 3.16. The standard InChI is InChI=1S/C18H21FN4O3/c19-12-6-7-15-14(8-12)18(26)23(11-21-15)10-17(25)20-9-16(24)22-13-4-2-1-3-5-13/h6-8,11,13H,1-5,9-10H2,(H,20,25)(H,22,24). The molecule has 1 saturated carbocycles. The van der Waals surface area contributed by atoms with Gasteiger partial charge in [0.1, 0.15) is 12.4 Å². The Balaban J connectivity index is 1.56. The number of carbonyl (C=O) groups excluding carboxylic acids is 2. The number of halogens is 1. The highest BCUT2D eigenvalue weighted by Gasteiger charge is 2.16. The van der Waals surface area contributed by atoms with Crippen LogP contribution in [0.1, 0.15) is 32.1 Å². The minimum absolute atomic E-state index is 0.107. The van der Waals surface area contributed by atoms with Crippen molar-refractivity contribution in [3.05, 3.63) is 40.7 Å². The molecule has 1 heterocycles. The number of benzene rings is 1. The summed E-state index contributed by atoms with van der Waals surface area (Å²) in [7, 11) is 0. The third-order valence-corrected chi connectivity index (χ3v) is 4.52. The predicted octanol–water partition coefficient (Wildman–Crippen LogP) is 1.10. The molecule has 0 saturated heterocycles. The van der Waals surface area contributed by atoms with Crippen molar-refractivity contribution < 1.29 is 14.0 Å². The molecule has 2 aromatic rings. The van der Waals surface area contributed by atoms with Gasteiger partial charge in [0.2, 0.25) is 11.8 Å². The van der Waals surface area contributed by atoms with E-state index in [0.29, 0.717) is 5.52 Å². The van der Waals surface area contributed by atoms with Crippen molar-refractivity contribution in [2.45, 2.75) is 44.7 Å². The molecule has 138 valence electrons. The number of fused-ring (bicyclic) bond motifs is 1. The van der Waals surface area contributed by atoms with Gasteiger partial charge in [-0.15, -0.1) is 0 Å². The molecule has 1 fully saturated rings. The van der Waals surface area contributed by atoms with E-state index >= 15 is 0 Å². The van der Waals surface area contributed by atoms with Crippen molar-refractivity contribution in [1.82, 2.24) is 20.2 Å². The van der Waals surface area contributed by atoms with Crippen molar-refractivity contribution in [2.75, 3.05) is 6.54 Å². The quantitative estimate of drug-likeness (QED) is 0.835. The molecule has 1 aromatic heterocycles. The van der Waals surface area contributed by atoms with Crippen LogP contribution in [0.2, 0.25) is 0 Å². The topological polar surface area (TPSA) is 93.1 Å². The van der Waals surface area contributed by atoms with E-state index in [1.807, 2.05) is 0 Å². The molecule has 7 nitrogen and oxygen atoms in total. The number of rotatable bonds is 5. The smallest absolute Gasteiger partial charge is 0.261 e. The van der Waals surface area contributed by atoms with Crippen LogP contribution in [-0.4, -0.2) is 34.0 Å². The first-order valence-corrected chi connectivity index (χ1v) is 8.74. The number of nitrogens with one attached hydrogen (secondary N) is 2. The molecule has 1 aliphatic rings. The predicted molar refractivity (Wildman–Crippen MR) is 94.0 cm³/mol. The lowest BCUT2D eigenvalue weighted by molar-refractivity contribution is -0.126. The first kappa shape index (κ1) is 18.0. The van der Waals surface area contributed by atoms with Crippen LogP contribution in [0.25, 0.3) is 10.9 Å². The van der Waals surface area contributed by atoms with Gasteiger partial charge in [-0.05, 0) is 31.0 Å². The van der Waals surface area contributed by atoms with Crippen molar-refractivity contribution >= 4 is 22.7 Å². The lowest BCUT2D eigenvalue weighted by Crippen LogP contribution is -2.43. The minimum Gasteiger partial charge on any atom is -0.352 e. The van der Waals surface area contributed by atoms with Gasteiger partial charge in [0.15, 0.2) is 0 Å². The van der Waals surface area contributed by atoms with Crippen LogP contribution in [0, 0.1) is 5.82 Å². The second-order valence-corrected chi connectivity index (χ2v) is 6.52. The fraction of sp³-hybridized carbons (Fsp3) is 0.444. The number of hydrogen-bond acceptors (Lipinski definition) is 4. The van der Waals surface area contributed by atoms with Gasteiger partial charge >= 0.3 is 0 Å². The molecule has 1 aliphatic carbocycles. The zero-order valence-electron chi connectivity index (χ0n) is 14.3. The van der Waals surface area contributed by atoms with Crippen molar-refractivity contribution in [3.63, 3.8) is 0 Å². The fourth-order valence-electron chi connectivity index (χ4n) is 3.16. The van der Waals surface area contributed by atoms with E-state index < -0.39 is 17.3 Å². The van der Waals surface area contributed by atoms with E-state index in [0.717, 1.165) is 36.3 Å². The van der Waals surface area contributed by atoms with Gasteiger partial charge in [-0.2, -0.15) is 0 Å². The zero-order chi connectivity index (χ0) is 18.5. The normalized spacial score (nSPS) is 15.0. The summed E-state index contributed by atoms with van der Waals surface area (Å²) in [6.45, 7) is -0.422. The maximum atomic E-state index is 13.3. The zero-order valence-corrected chi connectivity index (χ0v) is 14.3. The number of amides is 2. The molecular weight excluding hydrogens is 339 g/mol. The highest BCUT2D eigenvalue weighted by molar-refractivity contribution is 5.85. The van der Waals surface area contributed by atoms with Crippen LogP contribution in [0.15, 0.2) is 29.3 Å². The largest absolute Gasteiger partial charge is 0.352 e. The number of nitrogens with zero attached hydrogens (tertiary/aromatic N) is 2. The van der Waals surface area contributed by atoms with Gasteiger partial charge in [-0.3, -0.25) is 19.0 Å². The summed E-state index contributed by atoms with van der Waals surface area (Å²) in [6, 6.07) is 3.90. The van der Waals surface area contributed by atoms with Gasteiger partial charge in [0, 0.05) is 6.04 Å². The van der Waals surface area contributed by atoms with E-state index in [4.69, 9.17) is 0 Å². The molecule has 26 heavy (non-hydrogen) atoms. The van der Waals surface area contributed by atoms with Crippen LogP contribution < -0.4 is 16.2 Å². The lowest BCUT2D eigenvalue weighted by Gasteiger charge is -2.22. The molecule has 1 aromatic carbocycles. The van der Waals surface area contributed by atoms with Gasteiger partial charge in [-0.25, -0.2) is 9.37 Å². The van der Waals surface area contributed by atoms with Gasteiger partial charge in [0.25, 0.3) is 5.56 Å². The highest BCUT2D eigenvalue weighted by Crippen LogP contribution is 2.17. The summed E-state index contributed by atoms with van der Waals surface area (Å²) >= 11 is 0. The van der Waals surface area contributed by atoms with Crippen molar-refractivity contribution in [1.29, 1.82) is 0 Å². The third-order valence-electron chi connectivity index (χ3n) is 4.52. The second kappa shape index (κ2) is 8.07. The molecule has 0 aliphatic heterocycles. The Morgan fingerprint density at radius 3 is 2.73 bits per heavy atom. The van der Waals surface area contributed by atoms with E-state index in [-0.39, 0.29) is 30.4 Å². The lowest BCUT2D eigenvalue weighted by atomic mass is 9.95. The van der Waals surface area contributed by atoms with Crippen LogP contribution in [0.4, 0.5) is 4.39 Å². The molecule has 8 heteroatoms. The van der Waals surface area contributed by atoms with Gasteiger partial charge in [0.05, 0.1) is 23.8 Å². The molecule has 2 amide bonds. The highest BCUT2D eigenvalue weighted by atomic mass is 19.1. The third kappa shape index (κ3) is 4.44. The van der Waals surface area contributed by atoms with Gasteiger partial charge in [-0.1, -0.05) is 19.3 Å². The maximum Gasteiger partial charge on any atom is 0.261 e. The summed E-state index contributed by atoms with van der Waals surface area (Å²) in [5.74, 6) is -1.27.